The van der Waals surface area contributed by atoms with Crippen LogP contribution in [0.4, 0.5) is 0 Å². The molecule has 0 aliphatic carbocycles. The zero-order valence-corrected chi connectivity index (χ0v) is 18.7. The van der Waals surface area contributed by atoms with Crippen molar-refractivity contribution in [1.29, 1.82) is 0 Å². The highest BCUT2D eigenvalue weighted by Crippen LogP contribution is 2.23. The number of phenolic OH excluding ortho intramolecular Hbond substituents is 1. The average Bonchev–Trinajstić information content (AvgIpc) is 2.87. The van der Waals surface area contributed by atoms with Gasteiger partial charge in [-0.3, -0.25) is 0 Å². The van der Waals surface area contributed by atoms with E-state index in [1.165, 1.54) is 20.7 Å². The molecule has 5 aromatic rings. The molecule has 0 saturated heterocycles. The van der Waals surface area contributed by atoms with Crippen molar-refractivity contribution in [2.45, 2.75) is 0 Å². The third-order valence-corrected chi connectivity index (χ3v) is 10.9. The standard InChI is InChI=1S/C30H24OSi/c31-26-14-10-12-24(22-26)25-13-11-21-30(23-25)32(27-15-4-1-5-16-27,28-17-6-2-7-18-28)29-19-8-3-9-20-29/h1-23,31H. The number of aromatic hydroxyl groups is 1. The fourth-order valence-electron chi connectivity index (χ4n) is 4.68. The molecular formula is C30H24OSi. The van der Waals surface area contributed by atoms with Gasteiger partial charge < -0.3 is 5.11 Å². The van der Waals surface area contributed by atoms with Gasteiger partial charge in [0.25, 0.3) is 0 Å². The largest absolute Gasteiger partial charge is 0.508 e. The van der Waals surface area contributed by atoms with E-state index in [1.54, 1.807) is 6.07 Å². The second-order valence-corrected chi connectivity index (χ2v) is 11.8. The second-order valence-electron chi connectivity index (χ2n) is 7.98. The Morgan fingerprint density at radius 2 is 0.781 bits per heavy atom. The van der Waals surface area contributed by atoms with E-state index in [9.17, 15) is 5.11 Å². The smallest absolute Gasteiger partial charge is 0.179 e. The first-order valence-electron chi connectivity index (χ1n) is 10.8. The lowest BCUT2D eigenvalue weighted by Gasteiger charge is -2.34. The summed E-state index contributed by atoms with van der Waals surface area (Å²) >= 11 is 0. The van der Waals surface area contributed by atoms with E-state index < -0.39 is 8.07 Å². The summed E-state index contributed by atoms with van der Waals surface area (Å²) in [5, 5.41) is 15.4. The molecule has 0 atom stereocenters. The Morgan fingerprint density at radius 1 is 0.375 bits per heavy atom. The number of benzene rings is 5. The molecule has 32 heavy (non-hydrogen) atoms. The van der Waals surface area contributed by atoms with Crippen LogP contribution in [-0.4, -0.2) is 13.2 Å². The van der Waals surface area contributed by atoms with Gasteiger partial charge in [-0.1, -0.05) is 127 Å². The van der Waals surface area contributed by atoms with Gasteiger partial charge in [-0.15, -0.1) is 0 Å². The van der Waals surface area contributed by atoms with E-state index >= 15 is 0 Å². The summed E-state index contributed by atoms with van der Waals surface area (Å²) in [6.07, 6.45) is 0. The summed E-state index contributed by atoms with van der Waals surface area (Å²) in [7, 11) is -2.54. The van der Waals surface area contributed by atoms with Crippen molar-refractivity contribution >= 4 is 28.8 Å². The predicted molar refractivity (Wildman–Crippen MR) is 137 cm³/mol. The highest BCUT2D eigenvalue weighted by Gasteiger charge is 2.41. The minimum absolute atomic E-state index is 0.283. The molecule has 0 amide bonds. The first kappa shape index (κ1) is 20.0. The molecule has 2 heteroatoms. The lowest BCUT2D eigenvalue weighted by molar-refractivity contribution is 0.475. The Balaban J connectivity index is 1.85. The van der Waals surface area contributed by atoms with Crippen LogP contribution < -0.4 is 20.7 Å². The van der Waals surface area contributed by atoms with Gasteiger partial charge in [0.1, 0.15) is 5.75 Å². The fraction of sp³-hybridized carbons (Fsp3) is 0. The van der Waals surface area contributed by atoms with Crippen molar-refractivity contribution in [3.63, 3.8) is 0 Å². The monoisotopic (exact) mass is 428 g/mol. The molecule has 0 bridgehead atoms. The van der Waals surface area contributed by atoms with E-state index in [0.29, 0.717) is 0 Å². The molecule has 1 N–H and O–H groups in total. The number of phenols is 1. The molecule has 0 radical (unpaired) electrons. The topological polar surface area (TPSA) is 20.2 Å². The molecule has 154 valence electrons. The third-order valence-electron chi connectivity index (χ3n) is 6.10. The average molecular weight is 429 g/mol. The molecular weight excluding hydrogens is 404 g/mol. The van der Waals surface area contributed by atoms with Gasteiger partial charge in [0.15, 0.2) is 8.07 Å². The minimum atomic E-state index is -2.54. The maximum atomic E-state index is 10.0. The Bertz CT molecular complexity index is 1220. The summed E-state index contributed by atoms with van der Waals surface area (Å²) in [6, 6.07) is 49.1. The Hall–Kier alpha value is -3.88. The van der Waals surface area contributed by atoms with Crippen LogP contribution in [0.2, 0.25) is 0 Å². The Kier molecular flexibility index (Phi) is 5.45. The van der Waals surface area contributed by atoms with Gasteiger partial charge in [-0.05, 0) is 44.0 Å². The highest BCUT2D eigenvalue weighted by molar-refractivity contribution is 7.19. The molecule has 5 aromatic carbocycles. The molecule has 0 fully saturated rings. The van der Waals surface area contributed by atoms with Crippen molar-refractivity contribution < 1.29 is 5.11 Å². The maximum Gasteiger partial charge on any atom is 0.179 e. The molecule has 0 aromatic heterocycles. The summed E-state index contributed by atoms with van der Waals surface area (Å²) in [6.45, 7) is 0. The number of hydrogen-bond acceptors (Lipinski definition) is 1. The van der Waals surface area contributed by atoms with Crippen LogP contribution in [-0.2, 0) is 0 Å². The third kappa shape index (κ3) is 3.55. The summed E-state index contributed by atoms with van der Waals surface area (Å²) < 4.78 is 0. The highest BCUT2D eigenvalue weighted by atomic mass is 28.3. The van der Waals surface area contributed by atoms with E-state index in [4.69, 9.17) is 0 Å². The van der Waals surface area contributed by atoms with Crippen molar-refractivity contribution in [2.75, 3.05) is 0 Å². The molecule has 0 unspecified atom stereocenters. The molecule has 5 rings (SSSR count). The van der Waals surface area contributed by atoms with Crippen molar-refractivity contribution in [3.05, 3.63) is 140 Å². The van der Waals surface area contributed by atoms with Crippen LogP contribution in [0.15, 0.2) is 140 Å². The zero-order chi connectivity index (χ0) is 21.8. The molecule has 1 nitrogen and oxygen atoms in total. The van der Waals surface area contributed by atoms with Gasteiger partial charge in [0.2, 0.25) is 0 Å². The van der Waals surface area contributed by atoms with Crippen LogP contribution in [0.5, 0.6) is 5.75 Å². The first-order valence-corrected chi connectivity index (χ1v) is 12.8. The van der Waals surface area contributed by atoms with Gasteiger partial charge in [-0.25, -0.2) is 0 Å². The predicted octanol–water partition coefficient (Wildman–Crippen LogP) is 4.44. The lowest BCUT2D eigenvalue weighted by Crippen LogP contribution is -2.74. The minimum Gasteiger partial charge on any atom is -0.508 e. The van der Waals surface area contributed by atoms with Crippen LogP contribution >= 0.6 is 0 Å². The molecule has 0 aliphatic heterocycles. The van der Waals surface area contributed by atoms with Crippen LogP contribution in [0.3, 0.4) is 0 Å². The second kappa shape index (κ2) is 8.70. The molecule has 0 aliphatic rings. The maximum absolute atomic E-state index is 10.0. The number of rotatable bonds is 5. The Morgan fingerprint density at radius 3 is 1.25 bits per heavy atom. The van der Waals surface area contributed by atoms with Crippen LogP contribution in [0.25, 0.3) is 11.1 Å². The van der Waals surface area contributed by atoms with Gasteiger partial charge in [0.05, 0.1) is 0 Å². The van der Waals surface area contributed by atoms with E-state index in [0.717, 1.165) is 11.1 Å². The normalized spacial score (nSPS) is 11.2. The lowest BCUT2D eigenvalue weighted by atomic mass is 10.1. The quantitative estimate of drug-likeness (QED) is 0.324. The van der Waals surface area contributed by atoms with Gasteiger partial charge >= 0.3 is 0 Å². The van der Waals surface area contributed by atoms with Crippen molar-refractivity contribution in [2.24, 2.45) is 0 Å². The summed E-state index contributed by atoms with van der Waals surface area (Å²) in [5.74, 6) is 0.283. The van der Waals surface area contributed by atoms with Crippen molar-refractivity contribution in [3.8, 4) is 16.9 Å². The van der Waals surface area contributed by atoms with E-state index in [2.05, 4.69) is 121 Å². The SMILES string of the molecule is Oc1cccc(-c2cccc([Si](c3ccccc3)(c3ccccc3)c3ccccc3)c2)c1. The van der Waals surface area contributed by atoms with E-state index in [1.807, 2.05) is 12.1 Å². The zero-order valence-electron chi connectivity index (χ0n) is 17.7. The Labute approximate surface area is 190 Å². The molecule has 0 heterocycles. The molecule has 0 spiro atoms. The first-order chi connectivity index (χ1) is 15.8. The molecule has 0 saturated carbocycles. The fourth-order valence-corrected chi connectivity index (χ4v) is 9.48. The van der Waals surface area contributed by atoms with Crippen LogP contribution in [0.1, 0.15) is 0 Å². The van der Waals surface area contributed by atoms with Crippen LogP contribution in [0, 0.1) is 0 Å². The van der Waals surface area contributed by atoms with Crippen molar-refractivity contribution in [1.82, 2.24) is 0 Å². The summed E-state index contributed by atoms with van der Waals surface area (Å²) in [5.41, 5.74) is 2.13. The van der Waals surface area contributed by atoms with E-state index in [-0.39, 0.29) is 5.75 Å². The summed E-state index contributed by atoms with van der Waals surface area (Å²) in [4.78, 5) is 0. The van der Waals surface area contributed by atoms with Gasteiger partial charge in [-0.2, -0.15) is 0 Å². The number of hydrogen-bond donors (Lipinski definition) is 1. The van der Waals surface area contributed by atoms with Gasteiger partial charge in [0, 0.05) is 0 Å².